The van der Waals surface area contributed by atoms with Gasteiger partial charge in [0.05, 0.1) is 19.2 Å². The van der Waals surface area contributed by atoms with Gasteiger partial charge in [0.1, 0.15) is 24.2 Å². The van der Waals surface area contributed by atoms with Gasteiger partial charge in [0.25, 0.3) is 0 Å². The van der Waals surface area contributed by atoms with Crippen LogP contribution in [-0.2, 0) is 28.7 Å². The lowest BCUT2D eigenvalue weighted by Crippen LogP contribution is -2.54. The van der Waals surface area contributed by atoms with Crippen molar-refractivity contribution >= 4 is 52.7 Å². The number of nitrogens with zero attached hydrogens (tertiary/aromatic N) is 3. The van der Waals surface area contributed by atoms with E-state index in [0.29, 0.717) is 63.0 Å². The molecule has 4 N–H and O–H groups in total. The minimum atomic E-state index is -0.816. The highest BCUT2D eigenvalue weighted by Gasteiger charge is 2.41. The number of rotatable bonds is 16. The quantitative estimate of drug-likeness (QED) is 0.0866. The van der Waals surface area contributed by atoms with E-state index in [1.807, 2.05) is 77.1 Å². The van der Waals surface area contributed by atoms with Crippen molar-refractivity contribution in [3.8, 4) is 11.1 Å². The summed E-state index contributed by atoms with van der Waals surface area (Å²) < 4.78 is 4.75. The molecule has 360 valence electrons. The minimum Gasteiger partial charge on any atom is -0.453 e. The summed E-state index contributed by atoms with van der Waals surface area (Å²) in [5, 5.41) is 11.7. The normalized spacial score (nSPS) is 20.0. The van der Waals surface area contributed by atoms with Gasteiger partial charge in [-0.3, -0.25) is 24.0 Å². The number of carbonyl (C=O) groups is 6. The van der Waals surface area contributed by atoms with Crippen molar-refractivity contribution in [1.29, 1.82) is 0 Å². The molecule has 14 nitrogen and oxygen atoms in total. The Morgan fingerprint density at radius 2 is 1.04 bits per heavy atom. The number of alkyl carbamates (subject to hydrolysis) is 1. The Kier molecular flexibility index (Phi) is 16.2. The molecule has 68 heavy (non-hydrogen) atoms. The average molecular weight is 926 g/mol. The van der Waals surface area contributed by atoms with Gasteiger partial charge in [-0.2, -0.15) is 0 Å². The molecule has 3 aliphatic rings. The van der Waals surface area contributed by atoms with Crippen LogP contribution < -0.4 is 26.2 Å². The van der Waals surface area contributed by atoms with E-state index < -0.39 is 30.3 Å². The number of benzene rings is 4. The summed E-state index contributed by atoms with van der Waals surface area (Å²) in [4.78, 5) is 85.0. The highest BCUT2D eigenvalue weighted by molar-refractivity contribution is 6.00. The average Bonchev–Trinajstić information content (AvgIpc) is 4.14. The summed E-state index contributed by atoms with van der Waals surface area (Å²) in [6, 6.07) is 32.1. The second kappa shape index (κ2) is 22.4. The van der Waals surface area contributed by atoms with Crippen LogP contribution in [-0.4, -0.2) is 89.8 Å². The van der Waals surface area contributed by atoms with Gasteiger partial charge < -0.3 is 40.7 Å². The molecule has 3 heterocycles. The minimum absolute atomic E-state index is 0.0113. The van der Waals surface area contributed by atoms with E-state index in [4.69, 9.17) is 4.74 Å². The fraction of sp³-hybridized carbons (Fsp3) is 0.444. The smallest absolute Gasteiger partial charge is 0.407 e. The Balaban J connectivity index is 1.07. The Bertz CT molecular complexity index is 2390. The van der Waals surface area contributed by atoms with Gasteiger partial charge in [0, 0.05) is 36.6 Å². The van der Waals surface area contributed by atoms with E-state index in [0.717, 1.165) is 40.8 Å². The van der Waals surface area contributed by atoms with Crippen LogP contribution in [0.4, 0.5) is 21.9 Å². The molecule has 0 aliphatic carbocycles. The molecule has 7 rings (SSSR count). The van der Waals surface area contributed by atoms with Crippen LogP contribution in [0.5, 0.6) is 0 Å². The van der Waals surface area contributed by atoms with Gasteiger partial charge in [-0.05, 0) is 115 Å². The van der Waals surface area contributed by atoms with Crippen LogP contribution >= 0.6 is 0 Å². The van der Waals surface area contributed by atoms with Gasteiger partial charge in [-0.1, -0.05) is 101 Å². The Labute approximate surface area is 400 Å². The SMILES string of the molecule is CCCC(=O)N[C@H](C(=O)N1CCC[C@H]1C(=O)Nc1ccc([C@@H]2CC[C@@H](c3ccc(NC(=O)[C@@H]4CCCN4C(=O)[C@@H](NC(=O)OC)C(C)C)cc3)N2c2ccc(-c3ccccc3)cc2)cc1)C(C)C. The van der Waals surface area contributed by atoms with E-state index in [1.54, 1.807) is 9.80 Å². The van der Waals surface area contributed by atoms with Crippen LogP contribution in [0, 0.1) is 11.8 Å². The molecule has 14 heteroatoms. The standard InChI is InChI=1S/C54H67N7O7/c1-7-13-47(62)57-48(34(2)3)52(65)59-32-11-16-45(59)50(63)55-40-24-18-38(19-25-40)43-30-31-44(61(43)42-28-22-37(23-29-42)36-14-9-8-10-15-36)39-20-26-41(27-21-39)56-51(64)46-17-12-33-60(46)53(66)49(35(4)5)58-54(67)68-6/h8-10,14-15,18-29,34-35,43-46,48-49H,7,11-13,16-17,30-33H2,1-6H3,(H,55,63)(H,56,64)(H,57,62)(H,58,67)/t43-,44-,45-,46-,48-,49-/m0/s1. The third kappa shape index (κ3) is 11.3. The van der Waals surface area contributed by atoms with E-state index in [2.05, 4.69) is 86.8 Å². The maximum absolute atomic E-state index is 13.8. The zero-order valence-corrected chi connectivity index (χ0v) is 40.2. The molecule has 4 aromatic rings. The lowest BCUT2D eigenvalue weighted by molar-refractivity contribution is -0.141. The Morgan fingerprint density at radius 1 is 0.588 bits per heavy atom. The maximum Gasteiger partial charge on any atom is 0.407 e. The van der Waals surface area contributed by atoms with E-state index in [1.165, 1.54) is 7.11 Å². The van der Waals surface area contributed by atoms with Crippen molar-refractivity contribution in [1.82, 2.24) is 20.4 Å². The third-order valence-corrected chi connectivity index (χ3v) is 13.6. The number of amides is 6. The molecule has 0 spiro atoms. The molecule has 3 saturated heterocycles. The van der Waals surface area contributed by atoms with Crippen molar-refractivity contribution in [3.63, 3.8) is 0 Å². The first kappa shape index (κ1) is 49.2. The molecule has 3 fully saturated rings. The van der Waals surface area contributed by atoms with Crippen LogP contribution in [0.25, 0.3) is 11.1 Å². The van der Waals surface area contributed by atoms with Crippen molar-refractivity contribution < 1.29 is 33.5 Å². The number of nitrogens with one attached hydrogen (secondary N) is 4. The number of likely N-dealkylation sites (tertiary alicyclic amines) is 2. The summed E-state index contributed by atoms with van der Waals surface area (Å²) in [5.41, 5.74) is 6.77. The summed E-state index contributed by atoms with van der Waals surface area (Å²) in [6.07, 6.45) is 4.53. The largest absolute Gasteiger partial charge is 0.453 e. The predicted octanol–water partition coefficient (Wildman–Crippen LogP) is 8.62. The Morgan fingerprint density at radius 3 is 1.49 bits per heavy atom. The molecule has 0 bridgehead atoms. The number of ether oxygens (including phenoxy) is 1. The van der Waals surface area contributed by atoms with Gasteiger partial charge in [0.2, 0.25) is 29.5 Å². The molecule has 4 aromatic carbocycles. The first-order valence-electron chi connectivity index (χ1n) is 24.3. The lowest BCUT2D eigenvalue weighted by Gasteiger charge is -2.34. The molecule has 6 atom stereocenters. The molecule has 0 radical (unpaired) electrons. The van der Waals surface area contributed by atoms with E-state index in [-0.39, 0.29) is 53.5 Å². The van der Waals surface area contributed by atoms with E-state index in [9.17, 15) is 28.8 Å². The van der Waals surface area contributed by atoms with Gasteiger partial charge in [0.15, 0.2) is 0 Å². The summed E-state index contributed by atoms with van der Waals surface area (Å²) in [6.45, 7) is 10.3. The van der Waals surface area contributed by atoms with Gasteiger partial charge in [-0.15, -0.1) is 0 Å². The van der Waals surface area contributed by atoms with Crippen LogP contribution in [0.1, 0.15) is 109 Å². The number of carbonyl (C=O) groups excluding carboxylic acids is 6. The van der Waals surface area contributed by atoms with Crippen LogP contribution in [0.3, 0.4) is 0 Å². The van der Waals surface area contributed by atoms with Crippen molar-refractivity contribution in [2.45, 2.75) is 122 Å². The molecular weight excluding hydrogens is 859 g/mol. The maximum atomic E-state index is 13.8. The molecule has 0 saturated carbocycles. The topological polar surface area (TPSA) is 169 Å². The number of hydrogen-bond donors (Lipinski definition) is 4. The first-order valence-corrected chi connectivity index (χ1v) is 24.3. The molecule has 3 aliphatic heterocycles. The van der Waals surface area contributed by atoms with Crippen molar-refractivity contribution in [2.75, 3.05) is 35.7 Å². The van der Waals surface area contributed by atoms with Crippen LogP contribution in [0.2, 0.25) is 0 Å². The Hall–Kier alpha value is -6.70. The second-order valence-corrected chi connectivity index (χ2v) is 18.9. The number of hydrogen-bond acceptors (Lipinski definition) is 8. The highest BCUT2D eigenvalue weighted by atomic mass is 16.5. The van der Waals surface area contributed by atoms with Crippen LogP contribution in [0.15, 0.2) is 103 Å². The molecule has 6 amide bonds. The summed E-state index contributed by atoms with van der Waals surface area (Å²) in [5.74, 6) is -1.53. The first-order chi connectivity index (χ1) is 32.8. The number of anilines is 3. The van der Waals surface area contributed by atoms with Gasteiger partial charge >= 0.3 is 6.09 Å². The highest BCUT2D eigenvalue weighted by Crippen LogP contribution is 2.47. The van der Waals surface area contributed by atoms with Crippen molar-refractivity contribution in [3.05, 3.63) is 114 Å². The predicted molar refractivity (Wildman–Crippen MR) is 265 cm³/mol. The number of methoxy groups -OCH3 is 1. The summed E-state index contributed by atoms with van der Waals surface area (Å²) in [7, 11) is 1.25. The molecular formula is C54H67N7O7. The molecule has 0 aromatic heterocycles. The fourth-order valence-corrected chi connectivity index (χ4v) is 9.96. The van der Waals surface area contributed by atoms with Gasteiger partial charge in [-0.25, -0.2) is 4.79 Å². The zero-order valence-electron chi connectivity index (χ0n) is 40.2. The summed E-state index contributed by atoms with van der Waals surface area (Å²) >= 11 is 0. The lowest BCUT2D eigenvalue weighted by atomic mass is 10.0. The third-order valence-electron chi connectivity index (χ3n) is 13.6. The fourth-order valence-electron chi connectivity index (χ4n) is 9.96. The van der Waals surface area contributed by atoms with E-state index >= 15 is 0 Å². The van der Waals surface area contributed by atoms with Crippen molar-refractivity contribution in [2.24, 2.45) is 11.8 Å². The second-order valence-electron chi connectivity index (χ2n) is 18.9. The zero-order chi connectivity index (χ0) is 48.5. The molecule has 0 unspecified atom stereocenters. The monoisotopic (exact) mass is 926 g/mol.